The molecule has 0 aliphatic carbocycles. The average Bonchev–Trinajstić information content (AvgIpc) is 3.04. The minimum atomic E-state index is 0.153. The van der Waals surface area contributed by atoms with Crippen LogP contribution in [0.15, 0.2) is 42.5 Å². The van der Waals surface area contributed by atoms with Crippen LogP contribution < -0.4 is 10.1 Å². The van der Waals surface area contributed by atoms with E-state index in [1.54, 1.807) is 0 Å². The molecule has 0 bridgehead atoms. The molecule has 1 aliphatic rings. The predicted molar refractivity (Wildman–Crippen MR) is 107 cm³/mol. The van der Waals surface area contributed by atoms with Gasteiger partial charge in [-0.05, 0) is 54.3 Å². The molecule has 4 rings (SSSR count). The van der Waals surface area contributed by atoms with Crippen LogP contribution in [0, 0.1) is 12.3 Å². The molecule has 2 N–H and O–H groups in total. The van der Waals surface area contributed by atoms with Gasteiger partial charge in [-0.2, -0.15) is 0 Å². The van der Waals surface area contributed by atoms with E-state index in [9.17, 15) is 0 Å². The fourth-order valence-electron chi connectivity index (χ4n) is 3.61. The summed E-state index contributed by atoms with van der Waals surface area (Å²) < 4.78 is 5.74. The summed E-state index contributed by atoms with van der Waals surface area (Å²) in [5.41, 5.74) is 4.96. The van der Waals surface area contributed by atoms with Crippen LogP contribution in [-0.2, 0) is 6.42 Å². The van der Waals surface area contributed by atoms with Gasteiger partial charge in [-0.25, -0.2) is 0 Å². The van der Waals surface area contributed by atoms with Gasteiger partial charge in [0.25, 0.3) is 0 Å². The molecule has 0 saturated carbocycles. The van der Waals surface area contributed by atoms with Gasteiger partial charge < -0.3 is 15.0 Å². The Labute approximate surface area is 158 Å². The van der Waals surface area contributed by atoms with E-state index < -0.39 is 0 Å². The Kier molecular flexibility index (Phi) is 4.88. The first-order chi connectivity index (χ1) is 12.8. The number of fused-ring (bicyclic) bond motifs is 3. The molecule has 2 heterocycles. The number of H-pyrrole nitrogens is 1. The van der Waals surface area contributed by atoms with Gasteiger partial charge in [-0.15, -0.1) is 12.3 Å². The van der Waals surface area contributed by atoms with Crippen LogP contribution in [0.4, 0.5) is 0 Å². The number of nitrogens with one attached hydrogen (secondary N) is 2. The summed E-state index contributed by atoms with van der Waals surface area (Å²) in [4.78, 5) is 3.58. The maximum Gasteiger partial charge on any atom is 0.119 e. The maximum atomic E-state index is 6.20. The molecule has 0 saturated heterocycles. The van der Waals surface area contributed by atoms with E-state index in [4.69, 9.17) is 22.8 Å². The van der Waals surface area contributed by atoms with Gasteiger partial charge in [0, 0.05) is 34.6 Å². The Morgan fingerprint density at radius 3 is 2.85 bits per heavy atom. The molecular formula is C22H21ClN2O. The maximum absolute atomic E-state index is 6.20. The van der Waals surface area contributed by atoms with E-state index in [1.165, 1.54) is 22.2 Å². The van der Waals surface area contributed by atoms with Crippen molar-refractivity contribution in [3.05, 3.63) is 64.3 Å². The summed E-state index contributed by atoms with van der Waals surface area (Å²) in [6, 6.07) is 14.5. The molecule has 0 unspecified atom stereocenters. The Balaban J connectivity index is 1.58. The van der Waals surface area contributed by atoms with Crippen LogP contribution >= 0.6 is 11.6 Å². The summed E-state index contributed by atoms with van der Waals surface area (Å²) >= 11 is 6.20. The van der Waals surface area contributed by atoms with E-state index in [1.807, 2.05) is 18.2 Å². The highest BCUT2D eigenvalue weighted by Crippen LogP contribution is 2.35. The fraction of sp³-hybridized carbons (Fsp3) is 0.273. The quantitative estimate of drug-likeness (QED) is 0.501. The van der Waals surface area contributed by atoms with Crippen molar-refractivity contribution in [2.24, 2.45) is 0 Å². The van der Waals surface area contributed by atoms with Gasteiger partial charge in [0.1, 0.15) is 5.75 Å². The third-order valence-electron chi connectivity index (χ3n) is 4.86. The number of aromatic amines is 1. The summed E-state index contributed by atoms with van der Waals surface area (Å²) in [6.07, 6.45) is 7.89. The molecule has 0 amide bonds. The van der Waals surface area contributed by atoms with Crippen molar-refractivity contribution in [2.45, 2.75) is 25.3 Å². The molecule has 1 aliphatic heterocycles. The van der Waals surface area contributed by atoms with Crippen molar-refractivity contribution >= 4 is 22.5 Å². The van der Waals surface area contributed by atoms with Gasteiger partial charge in [-0.1, -0.05) is 23.7 Å². The third kappa shape index (κ3) is 3.31. The third-order valence-corrected chi connectivity index (χ3v) is 5.10. The molecular weight excluding hydrogens is 344 g/mol. The molecule has 1 aromatic heterocycles. The highest BCUT2D eigenvalue weighted by Gasteiger charge is 2.25. The van der Waals surface area contributed by atoms with Gasteiger partial charge in [0.05, 0.1) is 12.6 Å². The Hall–Kier alpha value is -2.41. The lowest BCUT2D eigenvalue weighted by atomic mass is 9.94. The number of ether oxygens (including phenoxy) is 1. The zero-order valence-electron chi connectivity index (χ0n) is 14.5. The van der Waals surface area contributed by atoms with Crippen molar-refractivity contribution in [2.75, 3.05) is 13.2 Å². The highest BCUT2D eigenvalue weighted by molar-refractivity contribution is 6.31. The monoisotopic (exact) mass is 364 g/mol. The van der Waals surface area contributed by atoms with E-state index in [0.29, 0.717) is 6.61 Å². The summed E-state index contributed by atoms with van der Waals surface area (Å²) in [5, 5.41) is 5.63. The van der Waals surface area contributed by atoms with Crippen molar-refractivity contribution in [1.29, 1.82) is 0 Å². The number of unbranched alkanes of at least 4 members (excludes halogenated alkanes) is 1. The zero-order chi connectivity index (χ0) is 17.9. The lowest BCUT2D eigenvalue weighted by molar-refractivity contribution is 0.313. The van der Waals surface area contributed by atoms with Crippen molar-refractivity contribution in [3.8, 4) is 18.1 Å². The first-order valence-electron chi connectivity index (χ1n) is 8.96. The number of aromatic nitrogens is 1. The van der Waals surface area contributed by atoms with Gasteiger partial charge >= 0.3 is 0 Å². The van der Waals surface area contributed by atoms with E-state index >= 15 is 0 Å². The second kappa shape index (κ2) is 7.45. The molecule has 2 aromatic carbocycles. The largest absolute Gasteiger partial charge is 0.494 e. The van der Waals surface area contributed by atoms with Crippen molar-refractivity contribution < 1.29 is 4.74 Å². The minimum Gasteiger partial charge on any atom is -0.494 e. The van der Waals surface area contributed by atoms with Crippen LogP contribution in [0.2, 0.25) is 5.02 Å². The van der Waals surface area contributed by atoms with Gasteiger partial charge in [-0.3, -0.25) is 0 Å². The van der Waals surface area contributed by atoms with Crippen molar-refractivity contribution in [1.82, 2.24) is 10.3 Å². The number of hydrogen-bond donors (Lipinski definition) is 2. The number of halogens is 1. The van der Waals surface area contributed by atoms with Crippen LogP contribution in [0.5, 0.6) is 5.75 Å². The summed E-state index contributed by atoms with van der Waals surface area (Å²) in [5.74, 6) is 3.51. The average molecular weight is 365 g/mol. The summed E-state index contributed by atoms with van der Waals surface area (Å²) in [6.45, 7) is 1.60. The number of hydrogen-bond acceptors (Lipinski definition) is 2. The molecule has 3 aromatic rings. The molecule has 0 fully saturated rings. The smallest absolute Gasteiger partial charge is 0.119 e. The van der Waals surface area contributed by atoms with Crippen LogP contribution in [0.3, 0.4) is 0 Å². The molecule has 4 heteroatoms. The van der Waals surface area contributed by atoms with Crippen LogP contribution in [0.25, 0.3) is 10.9 Å². The molecule has 0 spiro atoms. The standard InChI is InChI=1S/C22H21ClN2O/c1-2-3-4-13-26-17-8-5-15(6-9-17)21-22-18(11-12-24-21)19-14-16(23)7-10-20(19)25-22/h1,5-10,14,21,24-25H,3-4,11-13H2/t21-/m0/s1. The SMILES string of the molecule is C#CCCCOc1ccc([C@@H]2NCCc3c2[nH]c2ccc(Cl)cc32)cc1. The Morgan fingerprint density at radius 1 is 1.19 bits per heavy atom. The molecule has 26 heavy (non-hydrogen) atoms. The molecule has 132 valence electrons. The summed E-state index contributed by atoms with van der Waals surface area (Å²) in [7, 11) is 0. The van der Waals surface area contributed by atoms with Gasteiger partial charge in [0.15, 0.2) is 0 Å². The highest BCUT2D eigenvalue weighted by atomic mass is 35.5. The Morgan fingerprint density at radius 2 is 2.04 bits per heavy atom. The lowest BCUT2D eigenvalue weighted by Gasteiger charge is -2.25. The molecule has 1 atom stereocenters. The van der Waals surface area contributed by atoms with Crippen molar-refractivity contribution in [3.63, 3.8) is 0 Å². The van der Waals surface area contributed by atoms with E-state index in [-0.39, 0.29) is 6.04 Å². The topological polar surface area (TPSA) is 37.0 Å². The normalized spacial score (nSPS) is 16.2. The Bertz CT molecular complexity index is 953. The van der Waals surface area contributed by atoms with Crippen LogP contribution in [0.1, 0.15) is 35.7 Å². The second-order valence-electron chi connectivity index (χ2n) is 6.57. The van der Waals surface area contributed by atoms with Gasteiger partial charge in [0.2, 0.25) is 0 Å². The molecule has 3 nitrogen and oxygen atoms in total. The second-order valence-corrected chi connectivity index (χ2v) is 7.01. The number of benzene rings is 2. The predicted octanol–water partition coefficient (Wildman–Crippen LogP) is 4.85. The zero-order valence-corrected chi connectivity index (χ0v) is 15.3. The first-order valence-corrected chi connectivity index (χ1v) is 9.33. The van der Waals surface area contributed by atoms with E-state index in [2.05, 4.69) is 40.5 Å². The first kappa shape index (κ1) is 17.0. The lowest BCUT2D eigenvalue weighted by Crippen LogP contribution is -2.30. The number of rotatable bonds is 5. The minimum absolute atomic E-state index is 0.153. The molecule has 0 radical (unpaired) electrons. The number of terminal acetylenes is 1. The van der Waals surface area contributed by atoms with Crippen LogP contribution in [-0.4, -0.2) is 18.1 Å². The fourth-order valence-corrected chi connectivity index (χ4v) is 3.78. The van der Waals surface area contributed by atoms with E-state index in [0.717, 1.165) is 42.1 Å².